The van der Waals surface area contributed by atoms with Crippen LogP contribution in [0.5, 0.6) is 0 Å². The smallest absolute Gasteiger partial charge is 0.279 e. The first-order chi connectivity index (χ1) is 10.0. The van der Waals surface area contributed by atoms with E-state index < -0.39 is 10.2 Å². The molecule has 124 valence electrons. The van der Waals surface area contributed by atoms with E-state index in [4.69, 9.17) is 4.74 Å². The van der Waals surface area contributed by atoms with Crippen molar-refractivity contribution in [2.75, 3.05) is 33.3 Å². The third-order valence-electron chi connectivity index (χ3n) is 4.63. The van der Waals surface area contributed by atoms with Crippen molar-refractivity contribution in [2.24, 2.45) is 5.92 Å². The maximum Gasteiger partial charge on any atom is 0.279 e. The van der Waals surface area contributed by atoms with Crippen LogP contribution in [0.1, 0.15) is 39.0 Å². The van der Waals surface area contributed by atoms with E-state index in [-0.39, 0.29) is 12.1 Å². The van der Waals surface area contributed by atoms with Gasteiger partial charge in [0.15, 0.2) is 0 Å². The molecule has 1 saturated carbocycles. The summed E-state index contributed by atoms with van der Waals surface area (Å²) in [5.41, 5.74) is 0. The quantitative estimate of drug-likeness (QED) is 0.725. The van der Waals surface area contributed by atoms with Crippen molar-refractivity contribution in [3.05, 3.63) is 0 Å². The van der Waals surface area contributed by atoms with Crippen LogP contribution in [0.4, 0.5) is 0 Å². The van der Waals surface area contributed by atoms with Crippen molar-refractivity contribution in [3.8, 4) is 0 Å². The fraction of sp³-hybridized carbons (Fsp3) is 1.00. The Kier molecular flexibility index (Phi) is 6.43. The predicted octanol–water partition coefficient (Wildman–Crippen LogP) is 0.710. The second-order valence-corrected chi connectivity index (χ2v) is 7.84. The van der Waals surface area contributed by atoms with Gasteiger partial charge in [0.25, 0.3) is 10.2 Å². The summed E-state index contributed by atoms with van der Waals surface area (Å²) >= 11 is 0. The van der Waals surface area contributed by atoms with E-state index in [1.807, 2.05) is 0 Å². The minimum atomic E-state index is -3.33. The van der Waals surface area contributed by atoms with E-state index in [0.717, 1.165) is 45.2 Å². The minimum Gasteiger partial charge on any atom is -0.381 e. The van der Waals surface area contributed by atoms with Crippen LogP contribution in [0.3, 0.4) is 0 Å². The lowest BCUT2D eigenvalue weighted by Gasteiger charge is -2.32. The van der Waals surface area contributed by atoms with Crippen molar-refractivity contribution in [2.45, 2.75) is 51.2 Å². The Morgan fingerprint density at radius 2 is 1.90 bits per heavy atom. The molecule has 1 heterocycles. The van der Waals surface area contributed by atoms with Gasteiger partial charge in [0.1, 0.15) is 0 Å². The lowest BCUT2D eigenvalue weighted by Crippen LogP contribution is -2.48. The molecule has 21 heavy (non-hydrogen) atoms. The first kappa shape index (κ1) is 17.1. The molecule has 2 aliphatic rings. The molecule has 1 saturated heterocycles. The minimum absolute atomic E-state index is 0.0273. The highest BCUT2D eigenvalue weighted by molar-refractivity contribution is 7.87. The van der Waals surface area contributed by atoms with E-state index in [2.05, 4.69) is 17.0 Å². The zero-order chi connectivity index (χ0) is 15.3. The maximum atomic E-state index is 12.4. The highest BCUT2D eigenvalue weighted by Gasteiger charge is 2.32. The van der Waals surface area contributed by atoms with Crippen molar-refractivity contribution < 1.29 is 13.2 Å². The van der Waals surface area contributed by atoms with E-state index in [1.165, 1.54) is 0 Å². The number of rotatable bonds is 7. The fourth-order valence-corrected chi connectivity index (χ4v) is 4.72. The molecule has 2 unspecified atom stereocenters. The molecule has 6 nitrogen and oxygen atoms in total. The van der Waals surface area contributed by atoms with Gasteiger partial charge in [-0.1, -0.05) is 6.92 Å². The van der Waals surface area contributed by atoms with Crippen LogP contribution in [-0.2, 0) is 14.9 Å². The molecular weight excluding hydrogens is 290 g/mol. The predicted molar refractivity (Wildman–Crippen MR) is 83.3 cm³/mol. The molecule has 0 radical (unpaired) electrons. The number of methoxy groups -OCH3 is 1. The molecule has 1 aliphatic carbocycles. The van der Waals surface area contributed by atoms with Crippen LogP contribution in [0.15, 0.2) is 0 Å². The zero-order valence-corrected chi connectivity index (χ0v) is 14.0. The van der Waals surface area contributed by atoms with Crippen LogP contribution in [0.2, 0.25) is 0 Å². The fourth-order valence-electron chi connectivity index (χ4n) is 3.25. The third-order valence-corrected chi connectivity index (χ3v) is 6.31. The second-order valence-electron chi connectivity index (χ2n) is 6.14. The Morgan fingerprint density at radius 3 is 2.48 bits per heavy atom. The molecule has 2 N–H and O–H groups in total. The van der Waals surface area contributed by atoms with Crippen molar-refractivity contribution in [3.63, 3.8) is 0 Å². The molecule has 0 aromatic rings. The summed E-state index contributed by atoms with van der Waals surface area (Å²) in [6, 6.07) is 0.0273. The van der Waals surface area contributed by atoms with Gasteiger partial charge >= 0.3 is 0 Å². The van der Waals surface area contributed by atoms with E-state index in [9.17, 15) is 8.42 Å². The molecule has 0 amide bonds. The normalized spacial score (nSPS) is 29.0. The van der Waals surface area contributed by atoms with Crippen LogP contribution in [-0.4, -0.2) is 58.2 Å². The largest absolute Gasteiger partial charge is 0.381 e. The van der Waals surface area contributed by atoms with Crippen molar-refractivity contribution in [1.29, 1.82) is 0 Å². The standard InChI is InChI=1S/C14H29N3O3S/c1-3-15-11-12-6-8-17(9-7-12)21(18,19)16-13-4-5-14(10-13)20-2/h12-16H,3-11H2,1-2H3. The Morgan fingerprint density at radius 1 is 1.19 bits per heavy atom. The number of ether oxygens (including phenoxy) is 1. The molecule has 0 aromatic heterocycles. The number of piperidine rings is 1. The van der Waals surface area contributed by atoms with Gasteiger partial charge in [-0.25, -0.2) is 0 Å². The summed E-state index contributed by atoms with van der Waals surface area (Å²) < 4.78 is 34.6. The van der Waals surface area contributed by atoms with Gasteiger partial charge in [-0.05, 0) is 51.1 Å². The number of nitrogens with zero attached hydrogens (tertiary/aromatic N) is 1. The molecular formula is C14H29N3O3S. The highest BCUT2D eigenvalue weighted by Crippen LogP contribution is 2.24. The van der Waals surface area contributed by atoms with Crippen LogP contribution >= 0.6 is 0 Å². The van der Waals surface area contributed by atoms with Crippen molar-refractivity contribution >= 4 is 10.2 Å². The van der Waals surface area contributed by atoms with Gasteiger partial charge < -0.3 is 10.1 Å². The Labute approximate surface area is 128 Å². The van der Waals surface area contributed by atoms with E-state index >= 15 is 0 Å². The van der Waals surface area contributed by atoms with Gasteiger partial charge in [-0.15, -0.1) is 0 Å². The average molecular weight is 319 g/mol. The molecule has 7 heteroatoms. The highest BCUT2D eigenvalue weighted by atomic mass is 32.2. The molecule has 0 bridgehead atoms. The summed E-state index contributed by atoms with van der Waals surface area (Å²) in [6.07, 6.45) is 4.68. The molecule has 2 rings (SSSR count). The lowest BCUT2D eigenvalue weighted by atomic mass is 9.98. The molecule has 0 aromatic carbocycles. The Hall–Kier alpha value is -0.210. The summed E-state index contributed by atoms with van der Waals surface area (Å²) in [7, 11) is -1.64. The van der Waals surface area contributed by atoms with Gasteiger partial charge in [0, 0.05) is 26.2 Å². The number of nitrogens with one attached hydrogen (secondary N) is 2. The summed E-state index contributed by atoms with van der Waals surface area (Å²) in [5, 5.41) is 3.34. The second kappa shape index (κ2) is 7.87. The molecule has 0 spiro atoms. The topological polar surface area (TPSA) is 70.7 Å². The number of hydrogen-bond donors (Lipinski definition) is 2. The summed E-state index contributed by atoms with van der Waals surface area (Å²) in [6.45, 7) is 5.33. The van der Waals surface area contributed by atoms with E-state index in [0.29, 0.717) is 19.0 Å². The van der Waals surface area contributed by atoms with Crippen LogP contribution < -0.4 is 10.0 Å². The van der Waals surface area contributed by atoms with Gasteiger partial charge in [-0.3, -0.25) is 0 Å². The molecule has 2 atom stereocenters. The first-order valence-electron chi connectivity index (χ1n) is 8.06. The molecule has 2 fully saturated rings. The van der Waals surface area contributed by atoms with Gasteiger partial charge in [0.05, 0.1) is 6.10 Å². The third kappa shape index (κ3) is 4.89. The Balaban J connectivity index is 1.79. The average Bonchev–Trinajstić information content (AvgIpc) is 2.92. The number of hydrogen-bond acceptors (Lipinski definition) is 4. The SMILES string of the molecule is CCNCC1CCN(S(=O)(=O)NC2CCC(OC)C2)CC1. The zero-order valence-electron chi connectivity index (χ0n) is 13.2. The van der Waals surface area contributed by atoms with Crippen LogP contribution in [0, 0.1) is 5.92 Å². The molecule has 1 aliphatic heterocycles. The van der Waals surface area contributed by atoms with Gasteiger partial charge in [-0.2, -0.15) is 17.4 Å². The maximum absolute atomic E-state index is 12.4. The summed E-state index contributed by atoms with van der Waals surface area (Å²) in [5.74, 6) is 0.598. The van der Waals surface area contributed by atoms with Crippen LogP contribution in [0.25, 0.3) is 0 Å². The van der Waals surface area contributed by atoms with Gasteiger partial charge in [0.2, 0.25) is 0 Å². The lowest BCUT2D eigenvalue weighted by molar-refractivity contribution is 0.107. The van der Waals surface area contributed by atoms with Crippen molar-refractivity contribution in [1.82, 2.24) is 14.3 Å². The Bertz CT molecular complexity index is 408. The summed E-state index contributed by atoms with van der Waals surface area (Å²) in [4.78, 5) is 0. The van der Waals surface area contributed by atoms with E-state index in [1.54, 1.807) is 11.4 Å². The monoisotopic (exact) mass is 319 g/mol. The first-order valence-corrected chi connectivity index (χ1v) is 9.50.